The Hall–Kier alpha value is 2.96. The molecule has 2 nitrogen and oxygen atoms in total. The molecule has 0 aromatic carbocycles. The second-order valence-electron chi connectivity index (χ2n) is 0.250. The van der Waals surface area contributed by atoms with Crippen molar-refractivity contribution >= 4 is 17.9 Å². The first kappa shape index (κ1) is 16.0. The Kier molecular flexibility index (Phi) is 28.9. The first-order chi connectivity index (χ1) is 1.73. The van der Waals surface area contributed by atoms with Gasteiger partial charge in [0.1, 0.15) is 0 Å². The van der Waals surface area contributed by atoms with Crippen LogP contribution in [0.5, 0.6) is 0 Å². The maximum Gasteiger partial charge on any atom is 1.00 e. The molecular formula is CK2O2S. The van der Waals surface area contributed by atoms with E-state index in [1.807, 2.05) is 0 Å². The molecule has 0 aliphatic carbocycles. The normalized spacial score (nSPS) is 4.00. The molecule has 5 heteroatoms. The van der Waals surface area contributed by atoms with E-state index in [0.29, 0.717) is 0 Å². The average Bonchev–Trinajstić information content (AvgIpc) is 0.811. The molecule has 0 rings (SSSR count). The van der Waals surface area contributed by atoms with Gasteiger partial charge in [0.15, 0.2) is 0 Å². The van der Waals surface area contributed by atoms with Crippen molar-refractivity contribution in [1.29, 1.82) is 0 Å². The largest absolute Gasteiger partial charge is 1.00 e. The van der Waals surface area contributed by atoms with E-state index in [-0.39, 0.29) is 103 Å². The monoisotopic (exact) mass is 154 g/mol. The minimum Gasteiger partial charge on any atom is -0.764 e. The molecule has 24 valence electrons. The molecule has 0 bridgehead atoms. The molecule has 0 saturated heterocycles. The number of hydrogen-bond donors (Lipinski definition) is 0. The van der Waals surface area contributed by atoms with Gasteiger partial charge in [0.05, 0.1) is 0 Å². The van der Waals surface area contributed by atoms with Gasteiger partial charge in [-0.2, -0.15) is 0 Å². The van der Waals surface area contributed by atoms with Gasteiger partial charge in [-0.3, -0.25) is 0 Å². The van der Waals surface area contributed by atoms with Crippen LogP contribution in [0.25, 0.3) is 0 Å². The summed E-state index contributed by atoms with van der Waals surface area (Å²) in [5.74, 6) is 0. The first-order valence-electron chi connectivity index (χ1n) is 0.612. The van der Waals surface area contributed by atoms with Crippen LogP contribution in [0.15, 0.2) is 0 Å². The van der Waals surface area contributed by atoms with Crippen molar-refractivity contribution in [3.63, 3.8) is 0 Å². The van der Waals surface area contributed by atoms with Crippen LogP contribution in [-0.4, -0.2) is 5.30 Å². The fourth-order valence-corrected chi connectivity index (χ4v) is 0. The summed E-state index contributed by atoms with van der Waals surface area (Å²) in [5.41, 5.74) is 0. The molecular weight excluding hydrogens is 154 g/mol. The molecule has 0 heterocycles. The molecule has 0 aliphatic heterocycles. The van der Waals surface area contributed by atoms with Gasteiger partial charge >= 0.3 is 103 Å². The van der Waals surface area contributed by atoms with Crippen molar-refractivity contribution in [2.75, 3.05) is 0 Å². The summed E-state index contributed by atoms with van der Waals surface area (Å²) in [4.78, 5) is 8.70. The van der Waals surface area contributed by atoms with Crippen LogP contribution in [0.1, 0.15) is 0 Å². The summed E-state index contributed by atoms with van der Waals surface area (Å²) in [6.07, 6.45) is 0. The maximum atomic E-state index is 8.70. The van der Waals surface area contributed by atoms with Crippen LogP contribution < -0.4 is 108 Å². The Morgan fingerprint density at radius 1 is 1.50 bits per heavy atom. The zero-order valence-electron chi connectivity index (χ0n) is 3.72. The SMILES string of the molecule is O=C([O-])[S-].[K+].[K+]. The zero-order chi connectivity index (χ0) is 3.58. The van der Waals surface area contributed by atoms with Crippen LogP contribution in [0.4, 0.5) is 4.79 Å². The molecule has 0 N–H and O–H groups in total. The minimum absolute atomic E-state index is 0. The number of carbonyl (C=O) groups is 1. The predicted octanol–water partition coefficient (Wildman–Crippen LogP) is -7.12. The topological polar surface area (TPSA) is 40.1 Å². The predicted molar refractivity (Wildman–Crippen MR) is 12.8 cm³/mol. The van der Waals surface area contributed by atoms with Gasteiger partial charge in [-0.05, 0) is 0 Å². The van der Waals surface area contributed by atoms with Crippen LogP contribution in [0, 0.1) is 0 Å². The Morgan fingerprint density at radius 3 is 1.50 bits per heavy atom. The van der Waals surface area contributed by atoms with Crippen molar-refractivity contribution in [3.05, 3.63) is 0 Å². The van der Waals surface area contributed by atoms with E-state index in [4.69, 9.17) is 9.90 Å². The standard InChI is InChI=1S/CH2O2S.2K/c2-1(3)4;;/h4H,(H,2,3);;/q;2*+1/p-2. The van der Waals surface area contributed by atoms with Crippen LogP contribution in [-0.2, 0) is 12.6 Å². The van der Waals surface area contributed by atoms with E-state index in [1.165, 1.54) is 0 Å². The van der Waals surface area contributed by atoms with Gasteiger partial charge in [-0.15, -0.1) is 0 Å². The van der Waals surface area contributed by atoms with Gasteiger partial charge in [-0.1, -0.05) is 5.30 Å². The van der Waals surface area contributed by atoms with Crippen LogP contribution in [0.2, 0.25) is 0 Å². The Morgan fingerprint density at radius 2 is 1.50 bits per heavy atom. The molecule has 0 radical (unpaired) electrons. The second-order valence-corrected chi connectivity index (χ2v) is 0.583. The van der Waals surface area contributed by atoms with Gasteiger partial charge in [-0.25, -0.2) is 0 Å². The van der Waals surface area contributed by atoms with Gasteiger partial charge < -0.3 is 22.5 Å². The molecule has 0 aliphatic rings. The molecule has 0 atom stereocenters. The van der Waals surface area contributed by atoms with Crippen molar-refractivity contribution in [2.24, 2.45) is 0 Å². The van der Waals surface area contributed by atoms with Crippen LogP contribution >= 0.6 is 0 Å². The van der Waals surface area contributed by atoms with E-state index in [0.717, 1.165) is 0 Å². The Balaban J connectivity index is -0.0000000450. The summed E-state index contributed by atoms with van der Waals surface area (Å²) in [6.45, 7) is 0. The van der Waals surface area contributed by atoms with E-state index in [1.54, 1.807) is 0 Å². The first-order valence-corrected chi connectivity index (χ1v) is 1.02. The smallest absolute Gasteiger partial charge is 0.764 e. The van der Waals surface area contributed by atoms with Crippen molar-refractivity contribution in [3.8, 4) is 0 Å². The minimum atomic E-state index is -1.50. The summed E-state index contributed by atoms with van der Waals surface area (Å²) in [5, 5.41) is 7.20. The number of carboxylic acid groups (broad SMARTS) is 1. The molecule has 0 saturated carbocycles. The zero-order valence-corrected chi connectivity index (χ0v) is 10.8. The van der Waals surface area contributed by atoms with Crippen LogP contribution in [0.3, 0.4) is 0 Å². The summed E-state index contributed by atoms with van der Waals surface area (Å²) >= 11 is 3.43. The third kappa shape index (κ3) is 28.2. The average molecular weight is 154 g/mol. The molecule has 0 aromatic heterocycles. The molecule has 6 heavy (non-hydrogen) atoms. The third-order valence-electron chi connectivity index (χ3n) is 0. The molecule has 0 unspecified atom stereocenters. The second kappa shape index (κ2) is 10.9. The van der Waals surface area contributed by atoms with Gasteiger partial charge in [0.2, 0.25) is 0 Å². The molecule has 0 fully saturated rings. The summed E-state index contributed by atoms with van der Waals surface area (Å²) < 4.78 is 0. The maximum absolute atomic E-state index is 8.70. The quantitative estimate of drug-likeness (QED) is 0.257. The summed E-state index contributed by atoms with van der Waals surface area (Å²) in [7, 11) is 0. The summed E-state index contributed by atoms with van der Waals surface area (Å²) in [6, 6.07) is 0. The fraction of sp³-hybridized carbons (Fsp3) is 0. The van der Waals surface area contributed by atoms with E-state index >= 15 is 0 Å². The molecule has 0 spiro atoms. The van der Waals surface area contributed by atoms with E-state index < -0.39 is 5.30 Å². The number of carbonyl (C=O) groups excluding carboxylic acids is 1. The van der Waals surface area contributed by atoms with E-state index in [9.17, 15) is 0 Å². The number of hydrogen-bond acceptors (Lipinski definition) is 3. The molecule has 0 amide bonds. The van der Waals surface area contributed by atoms with Gasteiger partial charge in [0, 0.05) is 0 Å². The molecule has 0 aromatic rings. The fourth-order valence-electron chi connectivity index (χ4n) is 0. The van der Waals surface area contributed by atoms with Crippen molar-refractivity contribution in [2.45, 2.75) is 0 Å². The van der Waals surface area contributed by atoms with Crippen molar-refractivity contribution in [1.82, 2.24) is 0 Å². The Bertz CT molecular complexity index is 34.5. The Labute approximate surface area is 127 Å². The number of rotatable bonds is 0. The van der Waals surface area contributed by atoms with Gasteiger partial charge in [0.25, 0.3) is 0 Å². The third-order valence-corrected chi connectivity index (χ3v) is 0. The van der Waals surface area contributed by atoms with E-state index in [2.05, 4.69) is 12.6 Å². The van der Waals surface area contributed by atoms with Crippen molar-refractivity contribution < 1.29 is 113 Å².